The molecule has 1 aliphatic carbocycles. The van der Waals surface area contributed by atoms with E-state index in [2.05, 4.69) is 15.5 Å². The number of nitrogens with one attached hydrogen (secondary N) is 1. The van der Waals surface area contributed by atoms with Crippen molar-refractivity contribution in [2.45, 2.75) is 43.9 Å². The summed E-state index contributed by atoms with van der Waals surface area (Å²) in [6.07, 6.45) is 4.57. The highest BCUT2D eigenvalue weighted by Crippen LogP contribution is 2.25. The number of ether oxygens (including phenoxy) is 1. The van der Waals surface area contributed by atoms with E-state index >= 15 is 0 Å². The van der Waals surface area contributed by atoms with Crippen LogP contribution >= 0.6 is 11.8 Å². The van der Waals surface area contributed by atoms with Crippen LogP contribution in [0.1, 0.15) is 32.6 Å². The fourth-order valence-corrected chi connectivity index (χ4v) is 3.29. The molecule has 7 heteroatoms. The molecule has 1 N–H and O–H groups in total. The van der Waals surface area contributed by atoms with Crippen LogP contribution in [0.15, 0.2) is 33.9 Å². The average Bonchev–Trinajstić information content (AvgIpc) is 3.26. The lowest BCUT2D eigenvalue weighted by atomic mass is 10.2. The van der Waals surface area contributed by atoms with Gasteiger partial charge in [0.25, 0.3) is 5.22 Å². The highest BCUT2D eigenvalue weighted by atomic mass is 32.2. The lowest BCUT2D eigenvalue weighted by Crippen LogP contribution is -2.33. The standard InChI is InChI=1S/C17H21N3O3S/c1-2-22-14-9-7-12(8-10-14)16-19-20-17(23-16)24-11-15(21)18-13-5-3-4-6-13/h7-10,13H,2-6,11H2,1H3,(H,18,21). The molecule has 1 heterocycles. The molecular weight excluding hydrogens is 326 g/mol. The summed E-state index contributed by atoms with van der Waals surface area (Å²) in [4.78, 5) is 11.9. The van der Waals surface area contributed by atoms with E-state index in [0.717, 1.165) is 24.2 Å². The third kappa shape index (κ3) is 4.50. The maximum Gasteiger partial charge on any atom is 0.277 e. The Labute approximate surface area is 145 Å². The van der Waals surface area contributed by atoms with E-state index < -0.39 is 0 Å². The van der Waals surface area contributed by atoms with Crippen LogP contribution in [-0.4, -0.2) is 34.5 Å². The molecule has 0 unspecified atom stereocenters. The highest BCUT2D eigenvalue weighted by Gasteiger charge is 2.18. The van der Waals surface area contributed by atoms with Gasteiger partial charge in [0, 0.05) is 11.6 Å². The Balaban J connectivity index is 1.52. The number of aromatic nitrogens is 2. The normalized spacial score (nSPS) is 14.7. The quantitative estimate of drug-likeness (QED) is 0.775. The summed E-state index contributed by atoms with van der Waals surface area (Å²) in [5.41, 5.74) is 0.827. The van der Waals surface area contributed by atoms with Gasteiger partial charge in [-0.25, -0.2) is 0 Å². The Hall–Kier alpha value is -2.02. The Morgan fingerprint density at radius 2 is 2.04 bits per heavy atom. The van der Waals surface area contributed by atoms with Crippen molar-refractivity contribution in [3.8, 4) is 17.2 Å². The van der Waals surface area contributed by atoms with E-state index in [1.807, 2.05) is 31.2 Å². The number of carbonyl (C=O) groups is 1. The average molecular weight is 347 g/mol. The summed E-state index contributed by atoms with van der Waals surface area (Å²) in [5.74, 6) is 1.56. The molecule has 1 fully saturated rings. The van der Waals surface area contributed by atoms with Gasteiger partial charge in [-0.15, -0.1) is 10.2 Å². The van der Waals surface area contributed by atoms with Gasteiger partial charge in [0.1, 0.15) is 5.75 Å². The maximum absolute atomic E-state index is 11.9. The van der Waals surface area contributed by atoms with Gasteiger partial charge in [0.05, 0.1) is 12.4 Å². The Morgan fingerprint density at radius 3 is 2.75 bits per heavy atom. The third-order valence-electron chi connectivity index (χ3n) is 3.87. The molecule has 0 saturated heterocycles. The number of thioether (sulfide) groups is 1. The first-order valence-electron chi connectivity index (χ1n) is 8.23. The van der Waals surface area contributed by atoms with E-state index in [4.69, 9.17) is 9.15 Å². The summed E-state index contributed by atoms with van der Waals surface area (Å²) in [5, 5.41) is 11.5. The van der Waals surface area contributed by atoms with Crippen LogP contribution in [0.5, 0.6) is 5.75 Å². The van der Waals surface area contributed by atoms with Crippen LogP contribution in [0.3, 0.4) is 0 Å². The van der Waals surface area contributed by atoms with Crippen molar-refractivity contribution >= 4 is 17.7 Å². The zero-order valence-corrected chi connectivity index (χ0v) is 14.5. The molecule has 0 radical (unpaired) electrons. The van der Waals surface area contributed by atoms with Crippen molar-refractivity contribution in [1.29, 1.82) is 0 Å². The topological polar surface area (TPSA) is 77.2 Å². The monoisotopic (exact) mass is 347 g/mol. The van der Waals surface area contributed by atoms with Crippen molar-refractivity contribution in [2.75, 3.05) is 12.4 Å². The zero-order chi connectivity index (χ0) is 16.8. The highest BCUT2D eigenvalue weighted by molar-refractivity contribution is 7.99. The lowest BCUT2D eigenvalue weighted by molar-refractivity contribution is -0.119. The Morgan fingerprint density at radius 1 is 1.29 bits per heavy atom. The van der Waals surface area contributed by atoms with Gasteiger partial charge in [0.15, 0.2) is 0 Å². The molecule has 24 heavy (non-hydrogen) atoms. The number of hydrogen-bond donors (Lipinski definition) is 1. The number of benzene rings is 1. The molecular formula is C17H21N3O3S. The lowest BCUT2D eigenvalue weighted by Gasteiger charge is -2.10. The fourth-order valence-electron chi connectivity index (χ4n) is 2.71. The fraction of sp³-hybridized carbons (Fsp3) is 0.471. The first-order valence-corrected chi connectivity index (χ1v) is 9.22. The molecule has 0 aliphatic heterocycles. The first-order chi connectivity index (χ1) is 11.7. The van der Waals surface area contributed by atoms with Gasteiger partial charge in [-0.3, -0.25) is 4.79 Å². The van der Waals surface area contributed by atoms with Gasteiger partial charge in [-0.05, 0) is 44.0 Å². The number of nitrogens with zero attached hydrogens (tertiary/aromatic N) is 2. The predicted octanol–water partition coefficient (Wildman–Crippen LogP) is 3.29. The second-order valence-corrected chi connectivity index (χ2v) is 6.59. The largest absolute Gasteiger partial charge is 0.494 e. The minimum atomic E-state index is 0.0210. The van der Waals surface area contributed by atoms with E-state index in [1.54, 1.807) is 0 Å². The second-order valence-electron chi connectivity index (χ2n) is 5.67. The molecule has 1 saturated carbocycles. The second kappa shape index (κ2) is 8.19. The van der Waals surface area contributed by atoms with Crippen molar-refractivity contribution in [2.24, 2.45) is 0 Å². The number of amides is 1. The molecule has 1 aliphatic rings. The van der Waals surface area contributed by atoms with Crippen molar-refractivity contribution < 1.29 is 13.9 Å². The van der Waals surface area contributed by atoms with E-state index in [1.165, 1.54) is 24.6 Å². The van der Waals surface area contributed by atoms with Crippen molar-refractivity contribution in [3.05, 3.63) is 24.3 Å². The summed E-state index contributed by atoms with van der Waals surface area (Å²) >= 11 is 1.26. The molecule has 1 aromatic heterocycles. The Kier molecular flexibility index (Phi) is 5.74. The summed E-state index contributed by atoms with van der Waals surface area (Å²) in [7, 11) is 0. The van der Waals surface area contributed by atoms with Crippen LogP contribution in [0.2, 0.25) is 0 Å². The SMILES string of the molecule is CCOc1ccc(-c2nnc(SCC(=O)NC3CCCC3)o2)cc1. The number of rotatable bonds is 7. The van der Waals surface area contributed by atoms with Crippen LogP contribution in [-0.2, 0) is 4.79 Å². The molecule has 0 spiro atoms. The van der Waals surface area contributed by atoms with Crippen molar-refractivity contribution in [3.63, 3.8) is 0 Å². The maximum atomic E-state index is 11.9. The van der Waals surface area contributed by atoms with Crippen LogP contribution in [0, 0.1) is 0 Å². The van der Waals surface area contributed by atoms with Gasteiger partial charge in [-0.2, -0.15) is 0 Å². The smallest absolute Gasteiger partial charge is 0.277 e. The van der Waals surface area contributed by atoms with Crippen LogP contribution in [0.25, 0.3) is 11.5 Å². The molecule has 1 amide bonds. The van der Waals surface area contributed by atoms with Crippen molar-refractivity contribution in [1.82, 2.24) is 15.5 Å². The van der Waals surface area contributed by atoms with Crippen LogP contribution < -0.4 is 10.1 Å². The molecule has 2 aromatic rings. The molecule has 0 bridgehead atoms. The third-order valence-corrected chi connectivity index (χ3v) is 4.68. The predicted molar refractivity (Wildman–Crippen MR) is 92.0 cm³/mol. The summed E-state index contributed by atoms with van der Waals surface area (Å²) < 4.78 is 11.0. The number of hydrogen-bond acceptors (Lipinski definition) is 6. The van der Waals surface area contributed by atoms with Gasteiger partial charge in [0.2, 0.25) is 11.8 Å². The molecule has 128 valence electrons. The Bertz CT molecular complexity index is 666. The minimum absolute atomic E-state index is 0.0210. The van der Waals surface area contributed by atoms with Gasteiger partial charge in [-0.1, -0.05) is 24.6 Å². The van der Waals surface area contributed by atoms with E-state index in [-0.39, 0.29) is 5.91 Å². The van der Waals surface area contributed by atoms with Gasteiger partial charge < -0.3 is 14.5 Å². The van der Waals surface area contributed by atoms with Crippen LogP contribution in [0.4, 0.5) is 0 Å². The summed E-state index contributed by atoms with van der Waals surface area (Å²) in [6, 6.07) is 7.81. The molecule has 3 rings (SSSR count). The first kappa shape index (κ1) is 16.8. The molecule has 1 aromatic carbocycles. The summed E-state index contributed by atoms with van der Waals surface area (Å²) in [6.45, 7) is 2.57. The molecule has 0 atom stereocenters. The van der Waals surface area contributed by atoms with E-state index in [0.29, 0.717) is 29.5 Å². The van der Waals surface area contributed by atoms with E-state index in [9.17, 15) is 4.79 Å². The molecule has 6 nitrogen and oxygen atoms in total. The van der Waals surface area contributed by atoms with Gasteiger partial charge >= 0.3 is 0 Å². The zero-order valence-electron chi connectivity index (χ0n) is 13.7. The number of carbonyl (C=O) groups excluding carboxylic acids is 1. The minimum Gasteiger partial charge on any atom is -0.494 e.